The molecule has 0 aliphatic carbocycles. The first-order valence-electron chi connectivity index (χ1n) is 11.8. The summed E-state index contributed by atoms with van der Waals surface area (Å²) >= 11 is 0. The van der Waals surface area contributed by atoms with Crippen LogP contribution < -0.4 is 5.69 Å². The lowest BCUT2D eigenvalue weighted by Crippen LogP contribution is -2.21. The topological polar surface area (TPSA) is 81.4 Å². The quantitative estimate of drug-likeness (QED) is 0.320. The molecule has 0 saturated carbocycles. The van der Waals surface area contributed by atoms with Crippen LogP contribution in [-0.4, -0.2) is 29.1 Å². The number of aromatic amines is 1. The van der Waals surface area contributed by atoms with Crippen molar-refractivity contribution in [2.75, 3.05) is 0 Å². The number of hydrogen-bond acceptors (Lipinski definition) is 4. The highest BCUT2D eigenvalue weighted by molar-refractivity contribution is 5.74. The van der Waals surface area contributed by atoms with Gasteiger partial charge < -0.3 is 9.55 Å². The lowest BCUT2D eigenvalue weighted by molar-refractivity contribution is -0.140. The van der Waals surface area contributed by atoms with Crippen LogP contribution in [0.2, 0.25) is 0 Å². The van der Waals surface area contributed by atoms with Crippen molar-refractivity contribution < 1.29 is 13.2 Å². The molecule has 10 heteroatoms. The molecule has 0 fully saturated rings. The van der Waals surface area contributed by atoms with Gasteiger partial charge in [-0.2, -0.15) is 13.2 Å². The number of hydrogen-bond donors (Lipinski definition) is 1. The molecule has 1 atom stereocenters. The van der Waals surface area contributed by atoms with Crippen molar-refractivity contribution in [1.82, 2.24) is 29.1 Å². The minimum Gasteiger partial charge on any atom is -0.333 e. The third kappa shape index (κ3) is 4.43. The van der Waals surface area contributed by atoms with Crippen LogP contribution in [0, 0.1) is 0 Å². The van der Waals surface area contributed by atoms with Crippen molar-refractivity contribution in [3.8, 4) is 22.8 Å². The number of benzene rings is 2. The molecule has 3 aromatic heterocycles. The van der Waals surface area contributed by atoms with Crippen LogP contribution in [0.3, 0.4) is 0 Å². The number of nitrogens with zero attached hydrogens (tertiary/aromatic N) is 5. The molecule has 0 bridgehead atoms. The number of imidazole rings is 2. The molecule has 7 nitrogen and oxygen atoms in total. The summed E-state index contributed by atoms with van der Waals surface area (Å²) in [5.41, 5.74) is 3.07. The summed E-state index contributed by atoms with van der Waals surface area (Å²) in [6, 6.07) is 14.5. The van der Waals surface area contributed by atoms with Crippen LogP contribution in [0.4, 0.5) is 13.2 Å². The standard InChI is InChI=1S/C27H25F3N6O/c1-15(2)19-7-5-6-8-20(19)23-31-13-21-25(34-23)36(26(37)32-21)16(3)17-9-11-18(12-10-17)24-33-22(14-35(24)4)27(28,29)30/h5-16H,1-4H3,(H,32,37)/t16-/m0/s1. The zero-order chi connectivity index (χ0) is 26.5. The Kier molecular flexibility index (Phi) is 5.97. The van der Waals surface area contributed by atoms with Crippen LogP contribution in [0.25, 0.3) is 33.9 Å². The molecule has 3 heterocycles. The summed E-state index contributed by atoms with van der Waals surface area (Å²) < 4.78 is 42.1. The number of nitrogens with one attached hydrogen (secondary N) is 1. The first-order valence-corrected chi connectivity index (χ1v) is 11.8. The van der Waals surface area contributed by atoms with Gasteiger partial charge in [0.2, 0.25) is 0 Å². The molecule has 5 aromatic rings. The van der Waals surface area contributed by atoms with Crippen LogP contribution in [0.5, 0.6) is 0 Å². The number of rotatable bonds is 5. The van der Waals surface area contributed by atoms with E-state index in [9.17, 15) is 18.0 Å². The number of H-pyrrole nitrogens is 1. The number of aryl methyl sites for hydroxylation is 1. The fourth-order valence-electron chi connectivity index (χ4n) is 4.54. The maximum atomic E-state index is 13.1. The molecule has 0 aliphatic heterocycles. The van der Waals surface area contributed by atoms with Crippen molar-refractivity contribution in [1.29, 1.82) is 0 Å². The molecular formula is C27H25F3N6O. The Labute approximate surface area is 210 Å². The Hall–Kier alpha value is -4.21. The van der Waals surface area contributed by atoms with Crippen LogP contribution in [0.15, 0.2) is 65.7 Å². The van der Waals surface area contributed by atoms with E-state index in [1.807, 2.05) is 31.2 Å². The summed E-state index contributed by atoms with van der Waals surface area (Å²) in [7, 11) is 1.52. The van der Waals surface area contributed by atoms with Gasteiger partial charge in [0.1, 0.15) is 11.3 Å². The van der Waals surface area contributed by atoms with Gasteiger partial charge in [-0.05, 0) is 24.0 Å². The molecular weight excluding hydrogens is 481 g/mol. The van der Waals surface area contributed by atoms with Crippen LogP contribution in [0.1, 0.15) is 49.6 Å². The highest BCUT2D eigenvalue weighted by Crippen LogP contribution is 2.32. The lowest BCUT2D eigenvalue weighted by atomic mass is 9.97. The van der Waals surface area contributed by atoms with Gasteiger partial charge in [-0.25, -0.2) is 19.7 Å². The summed E-state index contributed by atoms with van der Waals surface area (Å²) in [5, 5.41) is 0. The van der Waals surface area contributed by atoms with E-state index in [2.05, 4.69) is 28.8 Å². The van der Waals surface area contributed by atoms with Crippen molar-refractivity contribution in [2.45, 2.75) is 38.9 Å². The number of alkyl halides is 3. The predicted molar refractivity (Wildman–Crippen MR) is 135 cm³/mol. The molecule has 0 radical (unpaired) electrons. The van der Waals surface area contributed by atoms with Gasteiger partial charge in [-0.15, -0.1) is 0 Å². The first kappa shape index (κ1) is 24.5. The molecule has 0 amide bonds. The zero-order valence-corrected chi connectivity index (χ0v) is 20.7. The number of fused-ring (bicyclic) bond motifs is 1. The van der Waals surface area contributed by atoms with Crippen LogP contribution >= 0.6 is 0 Å². The van der Waals surface area contributed by atoms with E-state index in [-0.39, 0.29) is 17.4 Å². The second kappa shape index (κ2) is 9.02. The second-order valence-corrected chi connectivity index (χ2v) is 9.33. The molecule has 1 N–H and O–H groups in total. The lowest BCUT2D eigenvalue weighted by Gasteiger charge is -2.15. The number of aromatic nitrogens is 6. The van der Waals surface area contributed by atoms with Crippen molar-refractivity contribution in [3.63, 3.8) is 0 Å². The minimum atomic E-state index is -4.52. The molecule has 0 saturated heterocycles. The Morgan fingerprint density at radius 2 is 1.68 bits per heavy atom. The second-order valence-electron chi connectivity index (χ2n) is 9.33. The molecule has 2 aromatic carbocycles. The molecule has 0 unspecified atom stereocenters. The normalized spacial score (nSPS) is 13.0. The highest BCUT2D eigenvalue weighted by Gasteiger charge is 2.34. The smallest absolute Gasteiger partial charge is 0.333 e. The third-order valence-electron chi connectivity index (χ3n) is 6.49. The fourth-order valence-corrected chi connectivity index (χ4v) is 4.54. The van der Waals surface area contributed by atoms with Gasteiger partial charge in [0.15, 0.2) is 17.2 Å². The van der Waals surface area contributed by atoms with Crippen molar-refractivity contribution >= 4 is 11.2 Å². The molecule has 37 heavy (non-hydrogen) atoms. The monoisotopic (exact) mass is 506 g/mol. The van der Waals surface area contributed by atoms with E-state index in [0.29, 0.717) is 22.6 Å². The molecule has 0 spiro atoms. The Bertz CT molecular complexity index is 1640. The summed E-state index contributed by atoms with van der Waals surface area (Å²) in [4.78, 5) is 28.7. The van der Waals surface area contributed by atoms with E-state index >= 15 is 0 Å². The molecule has 0 aliphatic rings. The molecule has 190 valence electrons. The van der Waals surface area contributed by atoms with Gasteiger partial charge in [0.25, 0.3) is 0 Å². The SMILES string of the molecule is CC(C)c1ccccc1-c1ncc2[nH]c(=O)n([C@@H](C)c3ccc(-c4nc(C(F)(F)F)cn4C)cc3)c2n1. The van der Waals surface area contributed by atoms with Crippen LogP contribution in [-0.2, 0) is 13.2 Å². The summed E-state index contributed by atoms with van der Waals surface area (Å²) in [6.45, 7) is 6.07. The maximum Gasteiger partial charge on any atom is 0.434 e. The van der Waals surface area contributed by atoms with Gasteiger partial charge in [0.05, 0.1) is 12.2 Å². The first-order chi connectivity index (χ1) is 17.5. The van der Waals surface area contributed by atoms with Crippen molar-refractivity contribution in [3.05, 3.63) is 88.2 Å². The largest absolute Gasteiger partial charge is 0.434 e. The fraction of sp³-hybridized carbons (Fsp3) is 0.259. The highest BCUT2D eigenvalue weighted by atomic mass is 19.4. The third-order valence-corrected chi connectivity index (χ3v) is 6.49. The maximum absolute atomic E-state index is 13.1. The minimum absolute atomic E-state index is 0.206. The van der Waals surface area contributed by atoms with E-state index in [1.165, 1.54) is 11.6 Å². The van der Waals surface area contributed by atoms with Gasteiger partial charge in [-0.3, -0.25) is 4.57 Å². The van der Waals surface area contributed by atoms with E-state index in [4.69, 9.17) is 4.98 Å². The predicted octanol–water partition coefficient (Wildman–Crippen LogP) is 5.94. The van der Waals surface area contributed by atoms with E-state index in [1.54, 1.807) is 35.0 Å². The Balaban J connectivity index is 1.53. The van der Waals surface area contributed by atoms with E-state index in [0.717, 1.165) is 22.9 Å². The molecule has 5 rings (SSSR count). The zero-order valence-electron chi connectivity index (χ0n) is 20.7. The Morgan fingerprint density at radius 3 is 2.32 bits per heavy atom. The number of halogens is 3. The van der Waals surface area contributed by atoms with Gasteiger partial charge in [-0.1, -0.05) is 62.4 Å². The average molecular weight is 507 g/mol. The van der Waals surface area contributed by atoms with Crippen molar-refractivity contribution in [2.24, 2.45) is 7.05 Å². The van der Waals surface area contributed by atoms with Gasteiger partial charge in [0, 0.05) is 24.4 Å². The summed E-state index contributed by atoms with van der Waals surface area (Å²) in [5.74, 6) is 1.01. The average Bonchev–Trinajstić information content (AvgIpc) is 3.42. The van der Waals surface area contributed by atoms with E-state index < -0.39 is 17.9 Å². The summed E-state index contributed by atoms with van der Waals surface area (Å²) in [6.07, 6.45) is -1.94. The van der Waals surface area contributed by atoms with Gasteiger partial charge >= 0.3 is 11.9 Å². The Morgan fingerprint density at radius 1 is 0.973 bits per heavy atom.